The molecule has 1 aromatic carbocycles. The Kier molecular flexibility index (Phi) is 5.52. The van der Waals surface area contributed by atoms with E-state index in [1.807, 2.05) is 18.2 Å². The van der Waals surface area contributed by atoms with Gasteiger partial charge in [-0.2, -0.15) is 0 Å². The zero-order valence-electron chi connectivity index (χ0n) is 11.7. The SMILES string of the molecule is NC(=O)c1ccccc1CN(CCO)CC1CCCN1. The van der Waals surface area contributed by atoms with Crippen molar-refractivity contribution >= 4 is 5.91 Å². The predicted molar refractivity (Wildman–Crippen MR) is 78.3 cm³/mol. The molecule has 0 saturated carbocycles. The van der Waals surface area contributed by atoms with Crippen LogP contribution in [0.15, 0.2) is 24.3 Å². The number of carbonyl (C=O) groups is 1. The van der Waals surface area contributed by atoms with E-state index in [-0.39, 0.29) is 6.61 Å². The Hall–Kier alpha value is -1.43. The first-order valence-corrected chi connectivity index (χ1v) is 7.15. The maximum Gasteiger partial charge on any atom is 0.249 e. The van der Waals surface area contributed by atoms with E-state index >= 15 is 0 Å². The van der Waals surface area contributed by atoms with Crippen LogP contribution in [0.25, 0.3) is 0 Å². The van der Waals surface area contributed by atoms with Crippen molar-refractivity contribution in [1.29, 1.82) is 0 Å². The largest absolute Gasteiger partial charge is 0.395 e. The zero-order valence-corrected chi connectivity index (χ0v) is 11.7. The Morgan fingerprint density at radius 2 is 2.25 bits per heavy atom. The van der Waals surface area contributed by atoms with E-state index in [1.165, 1.54) is 12.8 Å². The van der Waals surface area contributed by atoms with Gasteiger partial charge in [0.2, 0.25) is 5.91 Å². The molecule has 0 spiro atoms. The van der Waals surface area contributed by atoms with E-state index in [0.29, 0.717) is 24.7 Å². The number of rotatable bonds is 7. The summed E-state index contributed by atoms with van der Waals surface area (Å²) in [5.41, 5.74) is 6.90. The van der Waals surface area contributed by atoms with E-state index < -0.39 is 5.91 Å². The summed E-state index contributed by atoms with van der Waals surface area (Å²) >= 11 is 0. The molecule has 1 fully saturated rings. The van der Waals surface area contributed by atoms with Crippen LogP contribution in [0, 0.1) is 0 Å². The monoisotopic (exact) mass is 277 g/mol. The van der Waals surface area contributed by atoms with Crippen molar-refractivity contribution in [2.75, 3.05) is 26.2 Å². The highest BCUT2D eigenvalue weighted by Crippen LogP contribution is 2.13. The van der Waals surface area contributed by atoms with Gasteiger partial charge in [-0.15, -0.1) is 0 Å². The van der Waals surface area contributed by atoms with Crippen molar-refractivity contribution in [3.8, 4) is 0 Å². The number of hydrogen-bond donors (Lipinski definition) is 3. The summed E-state index contributed by atoms with van der Waals surface area (Å²) in [5.74, 6) is -0.400. The summed E-state index contributed by atoms with van der Waals surface area (Å²) in [4.78, 5) is 13.6. The zero-order chi connectivity index (χ0) is 14.4. The maximum absolute atomic E-state index is 11.4. The first kappa shape index (κ1) is 15.0. The highest BCUT2D eigenvalue weighted by Gasteiger charge is 2.19. The van der Waals surface area contributed by atoms with Gasteiger partial charge in [-0.3, -0.25) is 9.69 Å². The van der Waals surface area contributed by atoms with Crippen LogP contribution in [0.4, 0.5) is 0 Å². The van der Waals surface area contributed by atoms with Crippen LogP contribution in [0.3, 0.4) is 0 Å². The number of primary amides is 1. The van der Waals surface area contributed by atoms with Crippen molar-refractivity contribution in [3.63, 3.8) is 0 Å². The topological polar surface area (TPSA) is 78.6 Å². The fraction of sp³-hybridized carbons (Fsp3) is 0.533. The number of nitrogens with zero attached hydrogens (tertiary/aromatic N) is 1. The highest BCUT2D eigenvalue weighted by molar-refractivity contribution is 5.94. The van der Waals surface area contributed by atoms with Crippen LogP contribution in [0.1, 0.15) is 28.8 Å². The van der Waals surface area contributed by atoms with Gasteiger partial charge < -0.3 is 16.2 Å². The van der Waals surface area contributed by atoms with Gasteiger partial charge in [-0.25, -0.2) is 0 Å². The minimum Gasteiger partial charge on any atom is -0.395 e. The number of nitrogens with one attached hydrogen (secondary N) is 1. The van der Waals surface area contributed by atoms with Gasteiger partial charge in [0.15, 0.2) is 0 Å². The molecule has 110 valence electrons. The second kappa shape index (κ2) is 7.38. The number of amides is 1. The molecule has 5 nitrogen and oxygen atoms in total. The van der Waals surface area contributed by atoms with Crippen LogP contribution in [-0.4, -0.2) is 48.2 Å². The minimum atomic E-state index is -0.400. The number of carbonyl (C=O) groups excluding carboxylic acids is 1. The lowest BCUT2D eigenvalue weighted by Crippen LogP contribution is -2.39. The number of hydrogen-bond acceptors (Lipinski definition) is 4. The lowest BCUT2D eigenvalue weighted by molar-refractivity contribution is 0.0998. The molecule has 2 rings (SSSR count). The minimum absolute atomic E-state index is 0.117. The molecule has 1 aromatic rings. The summed E-state index contributed by atoms with van der Waals surface area (Å²) in [5, 5.41) is 12.7. The van der Waals surface area contributed by atoms with Crippen molar-refractivity contribution < 1.29 is 9.90 Å². The molecule has 1 unspecified atom stereocenters. The molecule has 0 aliphatic carbocycles. The molecule has 0 bridgehead atoms. The number of aliphatic hydroxyl groups is 1. The first-order valence-electron chi connectivity index (χ1n) is 7.15. The van der Waals surface area contributed by atoms with Crippen molar-refractivity contribution in [3.05, 3.63) is 35.4 Å². The molecule has 1 atom stereocenters. The third kappa shape index (κ3) is 4.03. The number of aliphatic hydroxyl groups excluding tert-OH is 1. The van der Waals surface area contributed by atoms with Crippen molar-refractivity contribution in [2.24, 2.45) is 5.73 Å². The van der Waals surface area contributed by atoms with Crippen LogP contribution in [0.5, 0.6) is 0 Å². The third-order valence-electron chi connectivity index (χ3n) is 3.73. The molecular formula is C15H23N3O2. The second-order valence-electron chi connectivity index (χ2n) is 5.27. The standard InChI is InChI=1S/C15H23N3O2/c16-15(20)14-6-2-1-4-12(14)10-18(8-9-19)11-13-5-3-7-17-13/h1-2,4,6,13,17,19H,3,5,7-11H2,(H2,16,20). The molecule has 1 aliphatic rings. The van der Waals surface area contributed by atoms with E-state index in [1.54, 1.807) is 6.07 Å². The highest BCUT2D eigenvalue weighted by atomic mass is 16.3. The predicted octanol–water partition coefficient (Wildman–Crippen LogP) is 0.332. The van der Waals surface area contributed by atoms with E-state index in [9.17, 15) is 9.90 Å². The Morgan fingerprint density at radius 3 is 2.90 bits per heavy atom. The summed E-state index contributed by atoms with van der Waals surface area (Å²) in [6.07, 6.45) is 2.37. The number of benzene rings is 1. The molecule has 20 heavy (non-hydrogen) atoms. The summed E-state index contributed by atoms with van der Waals surface area (Å²) in [7, 11) is 0. The quantitative estimate of drug-likeness (QED) is 0.671. The smallest absolute Gasteiger partial charge is 0.249 e. The van der Waals surface area contributed by atoms with Crippen LogP contribution in [-0.2, 0) is 6.54 Å². The average Bonchev–Trinajstić information content (AvgIpc) is 2.92. The molecule has 1 heterocycles. The van der Waals surface area contributed by atoms with E-state index in [2.05, 4.69) is 10.2 Å². The molecule has 1 saturated heterocycles. The van der Waals surface area contributed by atoms with Gasteiger partial charge in [-0.05, 0) is 31.0 Å². The molecule has 4 N–H and O–H groups in total. The summed E-state index contributed by atoms with van der Waals surface area (Å²) in [6, 6.07) is 7.88. The second-order valence-corrected chi connectivity index (χ2v) is 5.27. The Labute approximate surface area is 119 Å². The molecular weight excluding hydrogens is 254 g/mol. The number of nitrogens with two attached hydrogens (primary N) is 1. The lowest BCUT2D eigenvalue weighted by atomic mass is 10.1. The maximum atomic E-state index is 11.4. The van der Waals surface area contributed by atoms with Gasteiger partial charge >= 0.3 is 0 Å². The van der Waals surface area contributed by atoms with Crippen LogP contribution < -0.4 is 11.1 Å². The van der Waals surface area contributed by atoms with Crippen LogP contribution >= 0.6 is 0 Å². The van der Waals surface area contributed by atoms with Gasteiger partial charge in [0.05, 0.1) is 6.61 Å². The molecule has 0 radical (unpaired) electrons. The van der Waals surface area contributed by atoms with Crippen molar-refractivity contribution in [2.45, 2.75) is 25.4 Å². The Morgan fingerprint density at radius 1 is 1.45 bits per heavy atom. The third-order valence-corrected chi connectivity index (χ3v) is 3.73. The first-order chi connectivity index (χ1) is 9.70. The van der Waals surface area contributed by atoms with E-state index in [0.717, 1.165) is 18.7 Å². The normalized spacial score (nSPS) is 18.6. The molecule has 1 amide bonds. The van der Waals surface area contributed by atoms with Gasteiger partial charge in [0, 0.05) is 31.2 Å². The fourth-order valence-electron chi connectivity index (χ4n) is 2.74. The molecule has 5 heteroatoms. The van der Waals surface area contributed by atoms with Gasteiger partial charge in [0.25, 0.3) is 0 Å². The molecule has 0 aromatic heterocycles. The van der Waals surface area contributed by atoms with E-state index in [4.69, 9.17) is 5.73 Å². The lowest BCUT2D eigenvalue weighted by Gasteiger charge is -2.25. The summed E-state index contributed by atoms with van der Waals surface area (Å²) in [6.45, 7) is 3.30. The fourth-order valence-corrected chi connectivity index (χ4v) is 2.74. The summed E-state index contributed by atoms with van der Waals surface area (Å²) < 4.78 is 0. The Bertz CT molecular complexity index is 444. The average molecular weight is 277 g/mol. The van der Waals surface area contributed by atoms with Gasteiger partial charge in [-0.1, -0.05) is 18.2 Å². The Balaban J connectivity index is 2.05. The van der Waals surface area contributed by atoms with Gasteiger partial charge in [0.1, 0.15) is 0 Å². The molecule has 1 aliphatic heterocycles. The van der Waals surface area contributed by atoms with Crippen molar-refractivity contribution in [1.82, 2.24) is 10.2 Å². The van der Waals surface area contributed by atoms with Crippen LogP contribution in [0.2, 0.25) is 0 Å².